The van der Waals surface area contributed by atoms with Crippen molar-refractivity contribution in [1.29, 1.82) is 0 Å². The molecule has 0 spiro atoms. The van der Waals surface area contributed by atoms with E-state index in [0.717, 1.165) is 24.4 Å². The lowest BCUT2D eigenvalue weighted by Gasteiger charge is -2.57. The summed E-state index contributed by atoms with van der Waals surface area (Å²) in [5, 5.41) is 3.43. The first-order valence-corrected chi connectivity index (χ1v) is 8.46. The van der Waals surface area contributed by atoms with Crippen LogP contribution >= 0.6 is 0 Å². The molecule has 5 nitrogen and oxygen atoms in total. The average molecular weight is 293 g/mol. The molecule has 0 amide bonds. The highest BCUT2D eigenvalue weighted by Gasteiger charge is 2.50. The molecule has 0 aliphatic heterocycles. The largest absolute Gasteiger partial charge is 0.379 e. The minimum atomic E-state index is 0.407. The molecule has 21 heavy (non-hydrogen) atoms. The maximum absolute atomic E-state index is 8.13. The molecular weight excluding hydrogens is 266 g/mol. The van der Waals surface area contributed by atoms with Crippen LogP contribution in [0.25, 0.3) is 10.4 Å². The summed E-state index contributed by atoms with van der Waals surface area (Å²) >= 11 is 0. The SMILES string of the molecule is [N-]=[N+]=NCCOCCOCCC12CC3CC(CC(C3)C1)C2. The monoisotopic (exact) mass is 293 g/mol. The van der Waals surface area contributed by atoms with Gasteiger partial charge in [-0.3, -0.25) is 0 Å². The van der Waals surface area contributed by atoms with Crippen LogP contribution in [-0.4, -0.2) is 33.0 Å². The molecule has 0 saturated heterocycles. The van der Waals surface area contributed by atoms with Crippen LogP contribution in [0.5, 0.6) is 0 Å². The van der Waals surface area contributed by atoms with Crippen molar-refractivity contribution in [1.82, 2.24) is 0 Å². The zero-order valence-corrected chi connectivity index (χ0v) is 12.9. The molecule has 0 radical (unpaired) electrons. The number of rotatable bonds is 9. The summed E-state index contributed by atoms with van der Waals surface area (Å²) in [6.45, 7) is 3.03. The highest BCUT2D eigenvalue weighted by Crippen LogP contribution is 2.61. The van der Waals surface area contributed by atoms with Crippen molar-refractivity contribution in [2.75, 3.05) is 33.0 Å². The fraction of sp³-hybridized carbons (Fsp3) is 1.00. The van der Waals surface area contributed by atoms with Crippen molar-refractivity contribution in [2.24, 2.45) is 28.3 Å². The lowest BCUT2D eigenvalue weighted by atomic mass is 9.49. The summed E-state index contributed by atoms with van der Waals surface area (Å²) in [6.07, 6.45) is 10.2. The van der Waals surface area contributed by atoms with Gasteiger partial charge >= 0.3 is 0 Å². The summed E-state index contributed by atoms with van der Waals surface area (Å²) in [7, 11) is 0. The van der Waals surface area contributed by atoms with E-state index in [1.807, 2.05) is 0 Å². The molecule has 0 unspecified atom stereocenters. The van der Waals surface area contributed by atoms with Crippen LogP contribution in [0.1, 0.15) is 44.9 Å². The van der Waals surface area contributed by atoms with E-state index >= 15 is 0 Å². The van der Waals surface area contributed by atoms with Crippen molar-refractivity contribution in [3.05, 3.63) is 10.4 Å². The number of ether oxygens (including phenoxy) is 2. The van der Waals surface area contributed by atoms with Crippen LogP contribution in [0.4, 0.5) is 0 Å². The highest BCUT2D eigenvalue weighted by molar-refractivity contribution is 5.01. The predicted molar refractivity (Wildman–Crippen MR) is 80.9 cm³/mol. The van der Waals surface area contributed by atoms with Gasteiger partial charge in [-0.15, -0.1) is 0 Å². The van der Waals surface area contributed by atoms with E-state index < -0.39 is 0 Å². The Balaban J connectivity index is 1.28. The molecule has 0 aromatic carbocycles. The second-order valence-corrected chi connectivity index (χ2v) is 7.35. The Kier molecular flexibility index (Phi) is 5.04. The van der Waals surface area contributed by atoms with Crippen molar-refractivity contribution in [3.63, 3.8) is 0 Å². The van der Waals surface area contributed by atoms with Gasteiger partial charge in [0, 0.05) is 18.1 Å². The topological polar surface area (TPSA) is 67.2 Å². The molecule has 0 heterocycles. The summed E-state index contributed by atoms with van der Waals surface area (Å²) in [6, 6.07) is 0. The Bertz CT molecular complexity index is 358. The van der Waals surface area contributed by atoms with Crippen molar-refractivity contribution >= 4 is 0 Å². The van der Waals surface area contributed by atoms with Crippen LogP contribution in [-0.2, 0) is 9.47 Å². The zero-order valence-electron chi connectivity index (χ0n) is 12.9. The summed E-state index contributed by atoms with van der Waals surface area (Å²) < 4.78 is 11.1. The molecule has 0 aromatic heterocycles. The molecule has 4 bridgehead atoms. The minimum absolute atomic E-state index is 0.407. The number of hydrogen-bond donors (Lipinski definition) is 0. The quantitative estimate of drug-likeness (QED) is 0.280. The highest BCUT2D eigenvalue weighted by atomic mass is 16.5. The van der Waals surface area contributed by atoms with Gasteiger partial charge in [-0.25, -0.2) is 0 Å². The molecule has 4 saturated carbocycles. The molecule has 5 heteroatoms. The molecule has 0 atom stereocenters. The van der Waals surface area contributed by atoms with Gasteiger partial charge in [-0.2, -0.15) is 0 Å². The lowest BCUT2D eigenvalue weighted by Crippen LogP contribution is -2.46. The van der Waals surface area contributed by atoms with E-state index in [1.165, 1.54) is 44.9 Å². The van der Waals surface area contributed by atoms with Gasteiger partial charge in [0.1, 0.15) is 0 Å². The second kappa shape index (κ2) is 6.99. The van der Waals surface area contributed by atoms with E-state index in [9.17, 15) is 0 Å². The van der Waals surface area contributed by atoms with Crippen molar-refractivity contribution in [3.8, 4) is 0 Å². The van der Waals surface area contributed by atoms with E-state index in [2.05, 4.69) is 10.0 Å². The van der Waals surface area contributed by atoms with Crippen LogP contribution < -0.4 is 0 Å². The summed E-state index contributed by atoms with van der Waals surface area (Å²) in [5.74, 6) is 3.08. The van der Waals surface area contributed by atoms with E-state index in [1.54, 1.807) is 0 Å². The molecule has 4 fully saturated rings. The van der Waals surface area contributed by atoms with Gasteiger partial charge in [0.15, 0.2) is 0 Å². The third-order valence-electron chi connectivity index (χ3n) is 5.71. The number of azide groups is 1. The smallest absolute Gasteiger partial charge is 0.0700 e. The molecule has 0 N–H and O–H groups in total. The van der Waals surface area contributed by atoms with Crippen LogP contribution in [0.15, 0.2) is 5.11 Å². The van der Waals surface area contributed by atoms with Gasteiger partial charge in [-0.1, -0.05) is 5.11 Å². The maximum atomic E-state index is 8.13. The van der Waals surface area contributed by atoms with Crippen molar-refractivity contribution in [2.45, 2.75) is 44.9 Å². The third-order valence-corrected chi connectivity index (χ3v) is 5.71. The van der Waals surface area contributed by atoms with E-state index in [-0.39, 0.29) is 0 Å². The lowest BCUT2D eigenvalue weighted by molar-refractivity contribution is -0.0711. The molecule has 118 valence electrons. The van der Waals surface area contributed by atoms with E-state index in [0.29, 0.717) is 31.8 Å². The molecule has 0 aromatic rings. The van der Waals surface area contributed by atoms with Gasteiger partial charge in [0.2, 0.25) is 0 Å². The van der Waals surface area contributed by atoms with Gasteiger partial charge in [0.05, 0.1) is 19.8 Å². The second-order valence-electron chi connectivity index (χ2n) is 7.35. The first-order chi connectivity index (χ1) is 10.3. The predicted octanol–water partition coefficient (Wildman–Crippen LogP) is 3.94. The van der Waals surface area contributed by atoms with Gasteiger partial charge in [0.25, 0.3) is 0 Å². The Morgan fingerprint density at radius 1 is 0.905 bits per heavy atom. The number of nitrogens with zero attached hydrogens (tertiary/aromatic N) is 3. The normalized spacial score (nSPS) is 36.7. The Labute approximate surface area is 127 Å². The van der Waals surface area contributed by atoms with Gasteiger partial charge < -0.3 is 9.47 Å². The maximum Gasteiger partial charge on any atom is 0.0700 e. The Morgan fingerprint density at radius 2 is 1.48 bits per heavy atom. The summed E-state index contributed by atoms with van der Waals surface area (Å²) in [4.78, 5) is 2.69. The summed E-state index contributed by atoms with van der Waals surface area (Å²) in [5.41, 5.74) is 8.76. The third kappa shape index (κ3) is 3.91. The fourth-order valence-corrected chi connectivity index (χ4v) is 5.36. The van der Waals surface area contributed by atoms with Crippen molar-refractivity contribution < 1.29 is 9.47 Å². The molecule has 4 rings (SSSR count). The number of hydrogen-bond acceptors (Lipinski definition) is 3. The molecular formula is C16H27N3O2. The van der Waals surface area contributed by atoms with Crippen LogP contribution in [0, 0.1) is 23.2 Å². The average Bonchev–Trinajstić information content (AvgIpc) is 2.44. The molecule has 4 aliphatic rings. The van der Waals surface area contributed by atoms with Crippen LogP contribution in [0.2, 0.25) is 0 Å². The minimum Gasteiger partial charge on any atom is -0.379 e. The van der Waals surface area contributed by atoms with Gasteiger partial charge in [-0.05, 0) is 73.6 Å². The standard InChI is InChI=1S/C16H27N3O2/c17-19-18-2-4-21-6-5-20-3-1-16-10-13-7-14(11-16)9-15(8-13)12-16/h13-15H,1-12H2. The van der Waals surface area contributed by atoms with E-state index in [4.69, 9.17) is 15.0 Å². The zero-order chi connectivity index (χ0) is 14.5. The fourth-order valence-electron chi connectivity index (χ4n) is 5.36. The van der Waals surface area contributed by atoms with Crippen LogP contribution in [0.3, 0.4) is 0 Å². The first kappa shape index (κ1) is 15.1. The molecule has 4 aliphatic carbocycles. The first-order valence-electron chi connectivity index (χ1n) is 8.46. The Hall–Kier alpha value is -0.770. The Morgan fingerprint density at radius 3 is 2.05 bits per heavy atom.